The summed E-state index contributed by atoms with van der Waals surface area (Å²) in [6.45, 7) is 4.35. The Bertz CT molecular complexity index is 504. The maximum absolute atomic E-state index is 13.1. The molecule has 4 nitrogen and oxygen atoms in total. The monoisotopic (exact) mass is 261 g/mol. The molecule has 1 atom stereocenters. The van der Waals surface area contributed by atoms with Gasteiger partial charge >= 0.3 is 0 Å². The highest BCUT2D eigenvalue weighted by Crippen LogP contribution is 2.11. The van der Waals surface area contributed by atoms with Crippen LogP contribution in [0.25, 0.3) is 0 Å². The lowest BCUT2D eigenvalue weighted by Gasteiger charge is -2.35. The molecule has 1 saturated heterocycles. The van der Waals surface area contributed by atoms with Crippen molar-refractivity contribution in [3.05, 3.63) is 35.6 Å². The van der Waals surface area contributed by atoms with Gasteiger partial charge in [0.2, 0.25) is 0 Å². The van der Waals surface area contributed by atoms with Crippen LogP contribution in [0.1, 0.15) is 17.3 Å². The van der Waals surface area contributed by atoms with E-state index >= 15 is 0 Å². The molecule has 0 N–H and O–H groups in total. The van der Waals surface area contributed by atoms with Gasteiger partial charge in [0.1, 0.15) is 5.82 Å². The number of carbonyl (C=O) groups is 1. The topological polar surface area (TPSA) is 47.3 Å². The quantitative estimate of drug-likeness (QED) is 0.810. The molecule has 1 aliphatic heterocycles. The molecule has 1 heterocycles. The number of benzene rings is 1. The van der Waals surface area contributed by atoms with Crippen molar-refractivity contribution in [1.29, 1.82) is 5.26 Å². The Morgan fingerprint density at radius 3 is 2.63 bits per heavy atom. The molecule has 0 spiro atoms. The van der Waals surface area contributed by atoms with Gasteiger partial charge in [-0.1, -0.05) is 6.07 Å². The third-order valence-corrected chi connectivity index (χ3v) is 3.41. The molecule has 0 saturated carbocycles. The average molecular weight is 261 g/mol. The summed E-state index contributed by atoms with van der Waals surface area (Å²) < 4.78 is 13.1. The van der Waals surface area contributed by atoms with Crippen molar-refractivity contribution < 1.29 is 9.18 Å². The third kappa shape index (κ3) is 3.09. The van der Waals surface area contributed by atoms with Crippen molar-refractivity contribution in [2.24, 2.45) is 0 Å². The SMILES string of the molecule is CC(C#N)N1CCN(C(=O)c2cccc(F)c2)CC1. The van der Waals surface area contributed by atoms with Crippen molar-refractivity contribution >= 4 is 5.91 Å². The predicted octanol–water partition coefficient (Wildman–Crippen LogP) is 1.50. The van der Waals surface area contributed by atoms with Crippen LogP contribution in [0.2, 0.25) is 0 Å². The van der Waals surface area contributed by atoms with Crippen LogP contribution in [0.15, 0.2) is 24.3 Å². The van der Waals surface area contributed by atoms with E-state index < -0.39 is 5.82 Å². The van der Waals surface area contributed by atoms with Gasteiger partial charge in [-0.2, -0.15) is 5.26 Å². The first kappa shape index (κ1) is 13.5. The molecule has 1 unspecified atom stereocenters. The molecule has 2 rings (SSSR count). The third-order valence-electron chi connectivity index (χ3n) is 3.41. The van der Waals surface area contributed by atoms with E-state index in [0.29, 0.717) is 31.7 Å². The first-order valence-corrected chi connectivity index (χ1v) is 6.30. The molecule has 19 heavy (non-hydrogen) atoms. The maximum Gasteiger partial charge on any atom is 0.254 e. The van der Waals surface area contributed by atoms with Gasteiger partial charge in [-0.3, -0.25) is 9.69 Å². The van der Waals surface area contributed by atoms with Gasteiger partial charge in [0.05, 0.1) is 12.1 Å². The van der Waals surface area contributed by atoms with Gasteiger partial charge in [-0.05, 0) is 25.1 Å². The smallest absolute Gasteiger partial charge is 0.254 e. The zero-order valence-corrected chi connectivity index (χ0v) is 10.8. The maximum atomic E-state index is 13.1. The lowest BCUT2D eigenvalue weighted by molar-refractivity contribution is 0.0615. The van der Waals surface area contributed by atoms with E-state index in [1.807, 2.05) is 11.8 Å². The van der Waals surface area contributed by atoms with Crippen LogP contribution in [0.5, 0.6) is 0 Å². The fourth-order valence-electron chi connectivity index (χ4n) is 2.20. The summed E-state index contributed by atoms with van der Waals surface area (Å²) >= 11 is 0. The Hall–Kier alpha value is -1.93. The predicted molar refractivity (Wildman–Crippen MR) is 69.0 cm³/mol. The molecule has 1 aliphatic rings. The minimum atomic E-state index is -0.400. The number of amides is 1. The van der Waals surface area contributed by atoms with Gasteiger partial charge in [-0.25, -0.2) is 4.39 Å². The second-order valence-corrected chi connectivity index (χ2v) is 4.64. The molecule has 1 aromatic rings. The van der Waals surface area contributed by atoms with Gasteiger partial charge in [0, 0.05) is 31.7 Å². The van der Waals surface area contributed by atoms with Crippen LogP contribution in [-0.2, 0) is 0 Å². The summed E-state index contributed by atoms with van der Waals surface area (Å²) in [6.07, 6.45) is 0. The van der Waals surface area contributed by atoms with Crippen molar-refractivity contribution in [3.63, 3.8) is 0 Å². The highest BCUT2D eigenvalue weighted by Gasteiger charge is 2.24. The lowest BCUT2D eigenvalue weighted by atomic mass is 10.1. The van der Waals surface area contributed by atoms with Crippen LogP contribution in [0.4, 0.5) is 4.39 Å². The molecule has 1 amide bonds. The first-order valence-electron chi connectivity index (χ1n) is 6.30. The zero-order chi connectivity index (χ0) is 13.8. The number of hydrogen-bond donors (Lipinski definition) is 0. The fourth-order valence-corrected chi connectivity index (χ4v) is 2.20. The Kier molecular flexibility index (Phi) is 4.13. The molecule has 0 aromatic heterocycles. The van der Waals surface area contributed by atoms with Crippen LogP contribution in [0, 0.1) is 17.1 Å². The molecule has 1 aromatic carbocycles. The molecular weight excluding hydrogens is 245 g/mol. The fraction of sp³-hybridized carbons (Fsp3) is 0.429. The van der Waals surface area contributed by atoms with E-state index in [0.717, 1.165) is 0 Å². The summed E-state index contributed by atoms with van der Waals surface area (Å²) in [4.78, 5) is 15.9. The highest BCUT2D eigenvalue weighted by atomic mass is 19.1. The summed E-state index contributed by atoms with van der Waals surface area (Å²) in [5, 5.41) is 8.86. The standard InChI is InChI=1S/C14H16FN3O/c1-11(10-16)17-5-7-18(8-6-17)14(19)12-3-2-4-13(15)9-12/h2-4,9,11H,5-8H2,1H3. The van der Waals surface area contributed by atoms with Gasteiger partial charge < -0.3 is 4.90 Å². The van der Waals surface area contributed by atoms with Crippen molar-refractivity contribution in [3.8, 4) is 6.07 Å². The lowest BCUT2D eigenvalue weighted by Crippen LogP contribution is -2.51. The van der Waals surface area contributed by atoms with Gasteiger partial charge in [-0.15, -0.1) is 0 Å². The zero-order valence-electron chi connectivity index (χ0n) is 10.8. The molecule has 1 fully saturated rings. The largest absolute Gasteiger partial charge is 0.336 e. The molecule has 100 valence electrons. The number of nitrogens with zero attached hydrogens (tertiary/aromatic N) is 3. The first-order chi connectivity index (χ1) is 9.11. The van der Waals surface area contributed by atoms with E-state index in [-0.39, 0.29) is 11.9 Å². The highest BCUT2D eigenvalue weighted by molar-refractivity contribution is 5.94. The van der Waals surface area contributed by atoms with Crippen LogP contribution in [0.3, 0.4) is 0 Å². The number of carbonyl (C=O) groups excluding carboxylic acids is 1. The van der Waals surface area contributed by atoms with Gasteiger partial charge in [0.15, 0.2) is 0 Å². The van der Waals surface area contributed by atoms with Crippen molar-refractivity contribution in [2.45, 2.75) is 13.0 Å². The molecule has 5 heteroatoms. The minimum absolute atomic E-state index is 0.133. The number of hydrogen-bond acceptors (Lipinski definition) is 3. The Labute approximate surface area is 112 Å². The Balaban J connectivity index is 1.98. The van der Waals surface area contributed by atoms with Crippen LogP contribution >= 0.6 is 0 Å². The number of piperazine rings is 1. The summed E-state index contributed by atoms with van der Waals surface area (Å²) in [5.41, 5.74) is 0.377. The Morgan fingerprint density at radius 2 is 2.05 bits per heavy atom. The number of nitriles is 1. The number of halogens is 1. The molecule has 0 bridgehead atoms. The normalized spacial score (nSPS) is 17.8. The van der Waals surface area contributed by atoms with E-state index in [1.54, 1.807) is 11.0 Å². The molecule has 0 aliphatic carbocycles. The van der Waals surface area contributed by atoms with E-state index in [1.165, 1.54) is 18.2 Å². The molecular formula is C14H16FN3O. The van der Waals surface area contributed by atoms with Crippen LogP contribution in [-0.4, -0.2) is 47.9 Å². The minimum Gasteiger partial charge on any atom is -0.336 e. The van der Waals surface area contributed by atoms with Gasteiger partial charge in [0.25, 0.3) is 5.91 Å². The second kappa shape index (κ2) is 5.81. The summed E-state index contributed by atoms with van der Waals surface area (Å²) in [6, 6.07) is 7.80. The second-order valence-electron chi connectivity index (χ2n) is 4.64. The summed E-state index contributed by atoms with van der Waals surface area (Å²) in [7, 11) is 0. The van der Waals surface area contributed by atoms with Crippen molar-refractivity contribution in [1.82, 2.24) is 9.80 Å². The number of rotatable bonds is 2. The average Bonchev–Trinajstić information content (AvgIpc) is 2.46. The van der Waals surface area contributed by atoms with E-state index in [9.17, 15) is 9.18 Å². The van der Waals surface area contributed by atoms with E-state index in [2.05, 4.69) is 6.07 Å². The van der Waals surface area contributed by atoms with Crippen LogP contribution < -0.4 is 0 Å². The Morgan fingerprint density at radius 1 is 1.37 bits per heavy atom. The molecule has 0 radical (unpaired) electrons. The summed E-state index contributed by atoms with van der Waals surface area (Å²) in [5.74, 6) is -0.550. The van der Waals surface area contributed by atoms with Crippen molar-refractivity contribution in [2.75, 3.05) is 26.2 Å². The van der Waals surface area contributed by atoms with E-state index in [4.69, 9.17) is 5.26 Å².